The van der Waals surface area contributed by atoms with Crippen molar-refractivity contribution >= 4 is 18.0 Å². The second-order valence-electron chi connectivity index (χ2n) is 9.08. The molecule has 9 heteroatoms. The number of cyclic esters (lactones) is 1. The Labute approximate surface area is 195 Å². The largest absolute Gasteiger partial charge is 0.462 e. The number of fused-ring (bicyclic) bond motifs is 1. The number of halogens is 2. The fourth-order valence-electron chi connectivity index (χ4n) is 5.44. The molecule has 1 amide bonds. The minimum absolute atomic E-state index is 0.275. The number of allylic oxidation sites excluding steroid dienone is 1. The number of aromatic nitrogens is 2. The number of esters is 1. The molecule has 2 fully saturated rings. The molecule has 0 aromatic carbocycles. The zero-order chi connectivity index (χ0) is 24.7. The van der Waals surface area contributed by atoms with Gasteiger partial charge in [0.15, 0.2) is 0 Å². The molecule has 2 aromatic rings. The summed E-state index contributed by atoms with van der Waals surface area (Å²) < 4.78 is 35.5. The van der Waals surface area contributed by atoms with Gasteiger partial charge in [0.1, 0.15) is 17.9 Å². The SMILES string of the molecule is C[C@H]1OC(=O)[C@]2(CC(N)=O)CC(F)(F)[C@@H](C)[C@H](C=Cc3ccc(-c4cccnc4C#N)cn3)[C@H]12. The fraction of sp³-hybridized carbons (Fsp3) is 0.400. The number of alkyl halides is 2. The summed E-state index contributed by atoms with van der Waals surface area (Å²) in [5.74, 6) is -7.23. The first kappa shape index (κ1) is 23.5. The summed E-state index contributed by atoms with van der Waals surface area (Å²) in [6.45, 7) is 3.11. The molecule has 1 aliphatic heterocycles. The number of carbonyl (C=O) groups excluding carboxylic acids is 2. The Morgan fingerprint density at radius 1 is 1.32 bits per heavy atom. The zero-order valence-corrected chi connectivity index (χ0v) is 18.7. The van der Waals surface area contributed by atoms with Crippen LogP contribution in [0.1, 0.15) is 38.1 Å². The Bertz CT molecular complexity index is 1190. The topological polar surface area (TPSA) is 119 Å². The first-order valence-electron chi connectivity index (χ1n) is 11.0. The van der Waals surface area contributed by atoms with Crippen LogP contribution < -0.4 is 5.73 Å². The maximum atomic E-state index is 15.1. The number of rotatable bonds is 5. The van der Waals surface area contributed by atoms with E-state index in [4.69, 9.17) is 10.5 Å². The first-order valence-corrected chi connectivity index (χ1v) is 11.0. The van der Waals surface area contributed by atoms with Gasteiger partial charge in [0.25, 0.3) is 5.92 Å². The summed E-state index contributed by atoms with van der Waals surface area (Å²) in [5.41, 5.74) is 5.83. The maximum Gasteiger partial charge on any atom is 0.313 e. The van der Waals surface area contributed by atoms with Crippen molar-refractivity contribution in [2.45, 2.75) is 38.7 Å². The highest BCUT2D eigenvalue weighted by molar-refractivity contribution is 5.87. The quantitative estimate of drug-likeness (QED) is 0.671. The van der Waals surface area contributed by atoms with Crippen molar-refractivity contribution in [2.75, 3.05) is 0 Å². The van der Waals surface area contributed by atoms with E-state index < -0.39 is 59.9 Å². The van der Waals surface area contributed by atoms with Gasteiger partial charge in [0, 0.05) is 48.2 Å². The molecule has 3 heterocycles. The fourth-order valence-corrected chi connectivity index (χ4v) is 5.44. The zero-order valence-electron chi connectivity index (χ0n) is 18.7. The maximum absolute atomic E-state index is 15.1. The van der Waals surface area contributed by atoms with E-state index in [1.165, 1.54) is 13.1 Å². The van der Waals surface area contributed by atoms with Crippen LogP contribution in [0.5, 0.6) is 0 Å². The number of hydrogen-bond acceptors (Lipinski definition) is 6. The summed E-state index contributed by atoms with van der Waals surface area (Å²) in [4.78, 5) is 32.9. The minimum Gasteiger partial charge on any atom is -0.462 e. The molecule has 1 saturated carbocycles. The highest BCUT2D eigenvalue weighted by Crippen LogP contribution is 2.60. The molecule has 4 rings (SSSR count). The standard InChI is InChI=1S/C25H24F2N4O3/c1-14-18(22-15(2)34-23(33)24(22,10-21(29)32)13-25(14,26)27)8-7-17-6-5-16(12-31-17)19-4-3-9-30-20(19)11-28/h3-9,12,14-15,18,22H,10,13H2,1-2H3,(H2,29,32)/t14-,15+,18-,22-,24+/m0/s1. The van der Waals surface area contributed by atoms with Gasteiger partial charge in [0.05, 0.1) is 11.1 Å². The summed E-state index contributed by atoms with van der Waals surface area (Å²) in [6.07, 6.45) is 4.50. The molecule has 176 valence electrons. The summed E-state index contributed by atoms with van der Waals surface area (Å²) in [7, 11) is 0. The van der Waals surface area contributed by atoms with Crippen LogP contribution >= 0.6 is 0 Å². The Morgan fingerprint density at radius 3 is 2.74 bits per heavy atom. The molecule has 1 aliphatic carbocycles. The summed E-state index contributed by atoms with van der Waals surface area (Å²) in [6, 6.07) is 9.00. The summed E-state index contributed by atoms with van der Waals surface area (Å²) in [5, 5.41) is 9.25. The van der Waals surface area contributed by atoms with E-state index in [1.807, 2.05) is 6.07 Å². The number of ether oxygens (including phenoxy) is 1. The number of pyridine rings is 2. The number of primary amides is 1. The van der Waals surface area contributed by atoms with Gasteiger partial charge in [-0.1, -0.05) is 19.1 Å². The van der Waals surface area contributed by atoms with Gasteiger partial charge in [-0.2, -0.15) is 5.26 Å². The molecule has 0 unspecified atom stereocenters. The van der Waals surface area contributed by atoms with Crippen molar-refractivity contribution in [3.63, 3.8) is 0 Å². The van der Waals surface area contributed by atoms with E-state index >= 15 is 8.78 Å². The van der Waals surface area contributed by atoms with E-state index in [9.17, 15) is 14.9 Å². The lowest BCUT2D eigenvalue weighted by molar-refractivity contribution is -0.174. The average molecular weight is 466 g/mol. The minimum atomic E-state index is -3.19. The van der Waals surface area contributed by atoms with Crippen molar-refractivity contribution in [2.24, 2.45) is 28.9 Å². The molecule has 2 aliphatic rings. The number of nitrogens with two attached hydrogens (primary N) is 1. The van der Waals surface area contributed by atoms with E-state index in [0.29, 0.717) is 16.8 Å². The second-order valence-corrected chi connectivity index (χ2v) is 9.08. The molecule has 2 N–H and O–H groups in total. The van der Waals surface area contributed by atoms with E-state index in [0.717, 1.165) is 0 Å². The van der Waals surface area contributed by atoms with Gasteiger partial charge < -0.3 is 10.5 Å². The Morgan fingerprint density at radius 2 is 2.09 bits per heavy atom. The van der Waals surface area contributed by atoms with Crippen molar-refractivity contribution < 1.29 is 23.1 Å². The normalized spacial score (nSPS) is 29.9. The third-order valence-electron chi connectivity index (χ3n) is 7.04. The van der Waals surface area contributed by atoms with Gasteiger partial charge in [-0.05, 0) is 37.1 Å². The molecule has 34 heavy (non-hydrogen) atoms. The van der Waals surface area contributed by atoms with Crippen molar-refractivity contribution in [3.05, 3.63) is 54.1 Å². The van der Waals surface area contributed by atoms with Crippen LogP contribution in [0.4, 0.5) is 8.78 Å². The number of amides is 1. The lowest BCUT2D eigenvalue weighted by Crippen LogP contribution is -2.54. The third kappa shape index (κ3) is 3.94. The predicted octanol–water partition coefficient (Wildman–Crippen LogP) is 3.74. The number of hydrogen-bond donors (Lipinski definition) is 1. The Balaban J connectivity index is 1.66. The molecule has 0 bridgehead atoms. The van der Waals surface area contributed by atoms with Crippen LogP contribution in [0.25, 0.3) is 17.2 Å². The Hall–Kier alpha value is -3.67. The third-order valence-corrected chi connectivity index (χ3v) is 7.04. The predicted molar refractivity (Wildman–Crippen MR) is 119 cm³/mol. The smallest absolute Gasteiger partial charge is 0.313 e. The lowest BCUT2D eigenvalue weighted by atomic mass is 9.55. The van der Waals surface area contributed by atoms with Crippen LogP contribution in [-0.2, 0) is 14.3 Å². The second kappa shape index (κ2) is 8.60. The van der Waals surface area contributed by atoms with E-state index in [2.05, 4.69) is 9.97 Å². The van der Waals surface area contributed by atoms with Crippen molar-refractivity contribution in [1.82, 2.24) is 9.97 Å². The van der Waals surface area contributed by atoms with Crippen LogP contribution in [0, 0.1) is 34.5 Å². The van der Waals surface area contributed by atoms with Crippen molar-refractivity contribution in [3.8, 4) is 17.2 Å². The number of nitriles is 1. The molecule has 2 aromatic heterocycles. The number of carbonyl (C=O) groups is 2. The monoisotopic (exact) mass is 466 g/mol. The van der Waals surface area contributed by atoms with Gasteiger partial charge in [-0.25, -0.2) is 13.8 Å². The first-order chi connectivity index (χ1) is 16.1. The van der Waals surface area contributed by atoms with Gasteiger partial charge in [-0.3, -0.25) is 14.6 Å². The molecule has 7 nitrogen and oxygen atoms in total. The Kier molecular flexibility index (Phi) is 5.94. The molecular formula is C25H24F2N4O3. The van der Waals surface area contributed by atoms with Crippen LogP contribution in [0.15, 0.2) is 42.7 Å². The van der Waals surface area contributed by atoms with Gasteiger partial charge in [-0.15, -0.1) is 0 Å². The van der Waals surface area contributed by atoms with E-state index in [-0.39, 0.29) is 5.69 Å². The molecule has 0 spiro atoms. The lowest BCUT2D eigenvalue weighted by Gasteiger charge is -2.47. The van der Waals surface area contributed by atoms with Gasteiger partial charge in [0.2, 0.25) is 5.91 Å². The summed E-state index contributed by atoms with van der Waals surface area (Å²) >= 11 is 0. The molecular weight excluding hydrogens is 442 g/mol. The molecule has 0 radical (unpaired) electrons. The van der Waals surface area contributed by atoms with Gasteiger partial charge >= 0.3 is 5.97 Å². The highest BCUT2D eigenvalue weighted by atomic mass is 19.3. The van der Waals surface area contributed by atoms with Crippen LogP contribution in [0.3, 0.4) is 0 Å². The highest BCUT2D eigenvalue weighted by Gasteiger charge is 2.68. The average Bonchev–Trinajstić information content (AvgIpc) is 3.02. The molecule has 5 atom stereocenters. The van der Waals surface area contributed by atoms with E-state index in [1.54, 1.807) is 49.5 Å². The van der Waals surface area contributed by atoms with Crippen molar-refractivity contribution in [1.29, 1.82) is 5.26 Å². The van der Waals surface area contributed by atoms with Crippen LogP contribution in [-0.4, -0.2) is 33.9 Å². The molecule has 1 saturated heterocycles. The van der Waals surface area contributed by atoms with Crippen LogP contribution in [0.2, 0.25) is 0 Å². The number of nitrogens with zero attached hydrogens (tertiary/aromatic N) is 3.